The molecule has 3 heteroatoms. The van der Waals surface area contributed by atoms with Gasteiger partial charge in [0.15, 0.2) is 0 Å². The minimum Gasteiger partial charge on any atom is -0.455 e. The first-order chi connectivity index (χ1) is 7.61. The number of epoxide rings is 1. The van der Waals surface area contributed by atoms with Gasteiger partial charge in [0.1, 0.15) is 6.10 Å². The maximum atomic E-state index is 11.4. The molecule has 16 heavy (non-hydrogen) atoms. The fraction of sp³-hybridized carbons (Fsp3) is 0.615. The molecule has 0 bridgehead atoms. The van der Waals surface area contributed by atoms with E-state index >= 15 is 0 Å². The van der Waals surface area contributed by atoms with Gasteiger partial charge in [0, 0.05) is 11.5 Å². The zero-order valence-corrected chi connectivity index (χ0v) is 9.65. The Morgan fingerprint density at radius 2 is 2.25 bits per heavy atom. The molecule has 0 aromatic rings. The van der Waals surface area contributed by atoms with Crippen LogP contribution in [-0.2, 0) is 14.3 Å². The molecule has 0 aromatic carbocycles. The highest BCUT2D eigenvalue weighted by molar-refractivity contribution is 5.87. The molecule has 1 heterocycles. The SMILES string of the molecule is C=CC(OC(=O)C(=C)C)C1CCC2OC2C1. The first kappa shape index (κ1) is 11.4. The average molecular weight is 222 g/mol. The molecule has 0 spiro atoms. The fourth-order valence-corrected chi connectivity index (χ4v) is 2.29. The van der Waals surface area contributed by atoms with Crippen LogP contribution < -0.4 is 0 Å². The van der Waals surface area contributed by atoms with Crippen LogP contribution in [-0.4, -0.2) is 24.3 Å². The third-order valence-electron chi connectivity index (χ3n) is 3.33. The van der Waals surface area contributed by atoms with Crippen LogP contribution in [0.4, 0.5) is 0 Å². The first-order valence-corrected chi connectivity index (χ1v) is 5.76. The summed E-state index contributed by atoms with van der Waals surface area (Å²) in [6.07, 6.45) is 5.47. The molecule has 1 saturated carbocycles. The third-order valence-corrected chi connectivity index (χ3v) is 3.33. The predicted molar refractivity (Wildman–Crippen MR) is 60.9 cm³/mol. The van der Waals surface area contributed by atoms with Crippen molar-refractivity contribution in [3.63, 3.8) is 0 Å². The average Bonchev–Trinajstić information content (AvgIpc) is 3.03. The van der Waals surface area contributed by atoms with E-state index in [9.17, 15) is 4.79 Å². The number of carbonyl (C=O) groups is 1. The van der Waals surface area contributed by atoms with Crippen LogP contribution in [0.5, 0.6) is 0 Å². The molecule has 4 unspecified atom stereocenters. The second-order valence-electron chi connectivity index (χ2n) is 4.67. The van der Waals surface area contributed by atoms with Gasteiger partial charge in [-0.1, -0.05) is 19.2 Å². The van der Waals surface area contributed by atoms with E-state index in [1.807, 2.05) is 0 Å². The number of hydrogen-bond acceptors (Lipinski definition) is 3. The molecule has 4 atom stereocenters. The minimum absolute atomic E-state index is 0.200. The zero-order chi connectivity index (χ0) is 11.7. The number of carbonyl (C=O) groups excluding carboxylic acids is 1. The van der Waals surface area contributed by atoms with Crippen LogP contribution in [0.2, 0.25) is 0 Å². The molecule has 1 saturated heterocycles. The smallest absolute Gasteiger partial charge is 0.333 e. The van der Waals surface area contributed by atoms with E-state index < -0.39 is 0 Å². The summed E-state index contributed by atoms with van der Waals surface area (Å²) in [5.41, 5.74) is 0.434. The topological polar surface area (TPSA) is 38.8 Å². The van der Waals surface area contributed by atoms with Gasteiger partial charge in [-0.15, -0.1) is 0 Å². The maximum absolute atomic E-state index is 11.4. The van der Waals surface area contributed by atoms with Crippen LogP contribution in [0.3, 0.4) is 0 Å². The van der Waals surface area contributed by atoms with Gasteiger partial charge in [-0.05, 0) is 26.2 Å². The second-order valence-corrected chi connectivity index (χ2v) is 4.67. The monoisotopic (exact) mass is 222 g/mol. The fourth-order valence-electron chi connectivity index (χ4n) is 2.29. The largest absolute Gasteiger partial charge is 0.455 e. The van der Waals surface area contributed by atoms with Gasteiger partial charge in [0.05, 0.1) is 12.2 Å². The summed E-state index contributed by atoms with van der Waals surface area (Å²) < 4.78 is 10.8. The molecule has 88 valence electrons. The third kappa shape index (κ3) is 2.35. The number of rotatable bonds is 4. The van der Waals surface area contributed by atoms with Crippen LogP contribution in [0.15, 0.2) is 24.8 Å². The Morgan fingerprint density at radius 3 is 2.81 bits per heavy atom. The van der Waals surface area contributed by atoms with Crippen molar-refractivity contribution >= 4 is 5.97 Å². The van der Waals surface area contributed by atoms with Gasteiger partial charge in [-0.3, -0.25) is 0 Å². The Labute approximate surface area is 96.1 Å². The number of esters is 1. The Bertz CT molecular complexity index is 321. The van der Waals surface area contributed by atoms with Gasteiger partial charge in [0.25, 0.3) is 0 Å². The van der Waals surface area contributed by atoms with Gasteiger partial charge in [0.2, 0.25) is 0 Å². The summed E-state index contributed by atoms with van der Waals surface area (Å²) in [4.78, 5) is 11.4. The molecular weight excluding hydrogens is 204 g/mol. The molecule has 2 aliphatic rings. The Kier molecular flexibility index (Phi) is 3.15. The van der Waals surface area contributed by atoms with Crippen LogP contribution in [0, 0.1) is 5.92 Å². The van der Waals surface area contributed by atoms with E-state index in [2.05, 4.69) is 13.2 Å². The van der Waals surface area contributed by atoms with Crippen molar-refractivity contribution in [3.05, 3.63) is 24.8 Å². The maximum Gasteiger partial charge on any atom is 0.333 e. The quantitative estimate of drug-likeness (QED) is 0.317. The van der Waals surface area contributed by atoms with Crippen molar-refractivity contribution in [1.82, 2.24) is 0 Å². The standard InChI is InChI=1S/C13H18O3/c1-4-10(16-13(14)8(2)3)9-5-6-11-12(7-9)15-11/h4,9-12H,1-2,5-7H2,3H3. The van der Waals surface area contributed by atoms with Crippen LogP contribution in [0.25, 0.3) is 0 Å². The highest BCUT2D eigenvalue weighted by Gasteiger charge is 2.45. The second kappa shape index (κ2) is 4.42. The summed E-state index contributed by atoms with van der Waals surface area (Å²) in [7, 11) is 0. The lowest BCUT2D eigenvalue weighted by atomic mass is 9.85. The summed E-state index contributed by atoms with van der Waals surface area (Å²) in [6.45, 7) is 8.97. The molecule has 1 aliphatic heterocycles. The van der Waals surface area contributed by atoms with E-state index in [1.165, 1.54) is 0 Å². The minimum atomic E-state index is -0.330. The molecule has 0 aromatic heterocycles. The highest BCUT2D eigenvalue weighted by Crippen LogP contribution is 2.41. The Hall–Kier alpha value is -1.09. The van der Waals surface area contributed by atoms with Gasteiger partial charge < -0.3 is 9.47 Å². The molecule has 1 aliphatic carbocycles. The molecule has 3 nitrogen and oxygen atoms in total. The van der Waals surface area contributed by atoms with Crippen LogP contribution >= 0.6 is 0 Å². The van der Waals surface area contributed by atoms with Crippen LogP contribution in [0.1, 0.15) is 26.2 Å². The number of ether oxygens (including phenoxy) is 2. The Morgan fingerprint density at radius 1 is 1.50 bits per heavy atom. The van der Waals surface area contributed by atoms with Crippen molar-refractivity contribution < 1.29 is 14.3 Å². The molecule has 0 N–H and O–H groups in total. The lowest BCUT2D eigenvalue weighted by Gasteiger charge is -2.26. The van der Waals surface area contributed by atoms with Crippen molar-refractivity contribution in [2.24, 2.45) is 5.92 Å². The summed E-state index contributed by atoms with van der Waals surface area (Å²) in [5.74, 6) is 0.0216. The summed E-state index contributed by atoms with van der Waals surface area (Å²) in [5, 5.41) is 0. The van der Waals surface area contributed by atoms with Gasteiger partial charge >= 0.3 is 5.97 Å². The van der Waals surface area contributed by atoms with E-state index in [1.54, 1.807) is 13.0 Å². The summed E-state index contributed by atoms with van der Waals surface area (Å²) >= 11 is 0. The molecule has 2 fully saturated rings. The first-order valence-electron chi connectivity index (χ1n) is 5.76. The molecule has 2 rings (SSSR count). The zero-order valence-electron chi connectivity index (χ0n) is 9.65. The van der Waals surface area contributed by atoms with E-state index in [0.29, 0.717) is 23.7 Å². The van der Waals surface area contributed by atoms with Crippen molar-refractivity contribution in [2.75, 3.05) is 0 Å². The summed E-state index contributed by atoms with van der Waals surface area (Å²) in [6, 6.07) is 0. The van der Waals surface area contributed by atoms with Crippen molar-refractivity contribution in [2.45, 2.75) is 44.5 Å². The number of fused-ring (bicyclic) bond motifs is 1. The number of hydrogen-bond donors (Lipinski definition) is 0. The highest BCUT2D eigenvalue weighted by atomic mass is 16.6. The lowest BCUT2D eigenvalue weighted by molar-refractivity contribution is -0.144. The van der Waals surface area contributed by atoms with E-state index in [-0.39, 0.29) is 12.1 Å². The lowest BCUT2D eigenvalue weighted by Crippen LogP contribution is -2.29. The Balaban J connectivity index is 1.91. The van der Waals surface area contributed by atoms with Crippen molar-refractivity contribution in [3.8, 4) is 0 Å². The van der Waals surface area contributed by atoms with Crippen molar-refractivity contribution in [1.29, 1.82) is 0 Å². The van der Waals surface area contributed by atoms with E-state index in [0.717, 1.165) is 19.3 Å². The van der Waals surface area contributed by atoms with E-state index in [4.69, 9.17) is 9.47 Å². The van der Waals surface area contributed by atoms with Gasteiger partial charge in [-0.2, -0.15) is 0 Å². The molecule has 0 radical (unpaired) electrons. The predicted octanol–water partition coefficient (Wildman–Crippen LogP) is 2.23. The molecular formula is C13H18O3. The molecule has 0 amide bonds. The van der Waals surface area contributed by atoms with Gasteiger partial charge in [-0.25, -0.2) is 4.79 Å². The normalized spacial score (nSPS) is 33.4.